The maximum atomic E-state index is 13.7. The predicted octanol–water partition coefficient (Wildman–Crippen LogP) is 2.86. The maximum absolute atomic E-state index is 13.7. The molecule has 0 atom stereocenters. The van der Waals surface area contributed by atoms with Crippen molar-refractivity contribution in [3.8, 4) is 11.4 Å². The molecule has 0 unspecified atom stereocenters. The van der Waals surface area contributed by atoms with Crippen LogP contribution in [-0.4, -0.2) is 30.6 Å². The summed E-state index contributed by atoms with van der Waals surface area (Å²) in [6.45, 7) is 1.80. The van der Waals surface area contributed by atoms with Crippen molar-refractivity contribution in [1.82, 2.24) is 24.6 Å². The number of rotatable bonds is 3. The second-order valence-electron chi connectivity index (χ2n) is 6.01. The van der Waals surface area contributed by atoms with E-state index in [1.54, 1.807) is 35.6 Å². The van der Waals surface area contributed by atoms with Gasteiger partial charge in [0.25, 0.3) is 0 Å². The van der Waals surface area contributed by atoms with Gasteiger partial charge >= 0.3 is 6.03 Å². The topological polar surface area (TPSA) is 123 Å². The third-order valence-corrected chi connectivity index (χ3v) is 3.98. The number of nitrogens with zero attached hydrogens (tertiary/aromatic N) is 5. The van der Waals surface area contributed by atoms with Crippen LogP contribution in [0.5, 0.6) is 0 Å². The summed E-state index contributed by atoms with van der Waals surface area (Å²) in [4.78, 5) is 20.6. The van der Waals surface area contributed by atoms with E-state index in [4.69, 9.17) is 5.73 Å². The number of nitrogens with one attached hydrogen (secondary N) is 2. The van der Waals surface area contributed by atoms with Crippen LogP contribution in [0, 0.1) is 12.7 Å². The molecule has 4 N–H and O–H groups in total. The molecule has 9 nitrogen and oxygen atoms in total. The molecule has 4 aromatic rings. The van der Waals surface area contributed by atoms with Crippen LogP contribution in [0.25, 0.3) is 17.0 Å². The molecule has 3 aromatic heterocycles. The maximum Gasteiger partial charge on any atom is 0.324 e. The second-order valence-corrected chi connectivity index (χ2v) is 6.01. The minimum atomic E-state index is -0.628. The zero-order chi connectivity index (χ0) is 19.7. The summed E-state index contributed by atoms with van der Waals surface area (Å²) in [5.74, 6) is -0.0887. The molecule has 10 heteroatoms. The summed E-state index contributed by atoms with van der Waals surface area (Å²) in [6, 6.07) is 9.19. The first-order valence-electron chi connectivity index (χ1n) is 8.27. The second kappa shape index (κ2) is 6.91. The highest BCUT2D eigenvalue weighted by Gasteiger charge is 2.11. The van der Waals surface area contributed by atoms with Crippen LogP contribution in [-0.2, 0) is 0 Å². The number of hydrogen-bond acceptors (Lipinski definition) is 6. The van der Waals surface area contributed by atoms with E-state index in [-0.39, 0.29) is 17.5 Å². The molecule has 3 heterocycles. The Hall–Kier alpha value is -4.08. The van der Waals surface area contributed by atoms with E-state index in [1.165, 1.54) is 24.5 Å². The summed E-state index contributed by atoms with van der Waals surface area (Å²) in [5, 5.41) is 12.8. The molecule has 0 radical (unpaired) electrons. The minimum Gasteiger partial charge on any atom is -0.368 e. The van der Waals surface area contributed by atoms with E-state index in [9.17, 15) is 9.18 Å². The number of benzene rings is 1. The lowest BCUT2D eigenvalue weighted by Gasteiger charge is -2.09. The Morgan fingerprint density at radius 2 is 1.96 bits per heavy atom. The number of anilines is 3. The predicted molar refractivity (Wildman–Crippen MR) is 102 cm³/mol. The first kappa shape index (κ1) is 17.3. The first-order valence-corrected chi connectivity index (χ1v) is 8.27. The van der Waals surface area contributed by atoms with Crippen LogP contribution >= 0.6 is 0 Å². The largest absolute Gasteiger partial charge is 0.368 e. The van der Waals surface area contributed by atoms with Gasteiger partial charge in [0.2, 0.25) is 5.95 Å². The summed E-state index contributed by atoms with van der Waals surface area (Å²) in [6.07, 6.45) is 2.87. The zero-order valence-electron chi connectivity index (χ0n) is 14.7. The number of carbonyl (C=O) groups is 1. The fourth-order valence-corrected chi connectivity index (χ4v) is 2.69. The molecule has 2 amide bonds. The summed E-state index contributed by atoms with van der Waals surface area (Å²) < 4.78 is 15.4. The average molecular weight is 378 g/mol. The molecule has 0 aliphatic carbocycles. The smallest absolute Gasteiger partial charge is 0.324 e. The van der Waals surface area contributed by atoms with Gasteiger partial charge in [0, 0.05) is 0 Å². The number of nitrogen functional groups attached to an aromatic ring is 1. The van der Waals surface area contributed by atoms with Gasteiger partial charge in [-0.05, 0) is 36.8 Å². The van der Waals surface area contributed by atoms with Crippen molar-refractivity contribution in [3.05, 3.63) is 60.2 Å². The fraction of sp³-hybridized carbons (Fsp3) is 0.0556. The van der Waals surface area contributed by atoms with Gasteiger partial charge in [-0.25, -0.2) is 19.2 Å². The highest BCUT2D eigenvalue weighted by Crippen LogP contribution is 2.21. The van der Waals surface area contributed by atoms with Gasteiger partial charge in [0.1, 0.15) is 11.5 Å². The van der Waals surface area contributed by atoms with Crippen molar-refractivity contribution in [1.29, 1.82) is 0 Å². The SMILES string of the molecule is Cc1ccc(F)c(NC(=O)Nc2cnc(-c3cccc4nnc(N)n34)cn2)c1. The van der Waals surface area contributed by atoms with Crippen LogP contribution < -0.4 is 16.4 Å². The standard InChI is InChI=1S/C18H15FN8O/c1-10-5-6-11(19)12(7-10)23-18(28)24-15-9-21-13(8-22-15)14-3-2-4-16-25-26-17(20)27(14)16/h2-9H,1H3,(H2,20,26)(H2,22,23,24,28). The van der Waals surface area contributed by atoms with Gasteiger partial charge in [0.05, 0.1) is 23.8 Å². The van der Waals surface area contributed by atoms with Gasteiger partial charge < -0.3 is 11.1 Å². The molecule has 4 rings (SSSR count). The highest BCUT2D eigenvalue weighted by molar-refractivity contribution is 5.99. The Morgan fingerprint density at radius 3 is 2.75 bits per heavy atom. The molecule has 0 bridgehead atoms. The summed E-state index contributed by atoms with van der Waals surface area (Å²) in [7, 11) is 0. The van der Waals surface area contributed by atoms with Crippen LogP contribution in [0.2, 0.25) is 0 Å². The molecule has 0 aliphatic heterocycles. The van der Waals surface area contributed by atoms with Gasteiger partial charge in [-0.3, -0.25) is 9.72 Å². The minimum absolute atomic E-state index is 0.0804. The van der Waals surface area contributed by atoms with Gasteiger partial charge in [0.15, 0.2) is 11.5 Å². The van der Waals surface area contributed by atoms with Crippen molar-refractivity contribution in [2.24, 2.45) is 0 Å². The van der Waals surface area contributed by atoms with E-state index in [2.05, 4.69) is 30.8 Å². The van der Waals surface area contributed by atoms with E-state index >= 15 is 0 Å². The molecular weight excluding hydrogens is 363 g/mol. The number of carbonyl (C=O) groups excluding carboxylic acids is 1. The highest BCUT2D eigenvalue weighted by atomic mass is 19.1. The van der Waals surface area contributed by atoms with Crippen LogP contribution in [0.1, 0.15) is 5.56 Å². The number of amides is 2. The van der Waals surface area contributed by atoms with Gasteiger partial charge in [-0.1, -0.05) is 12.1 Å². The molecule has 1 aromatic carbocycles. The molecule has 0 fully saturated rings. The van der Waals surface area contributed by atoms with Crippen molar-refractivity contribution < 1.29 is 9.18 Å². The Kier molecular flexibility index (Phi) is 4.28. The fourth-order valence-electron chi connectivity index (χ4n) is 2.69. The Balaban J connectivity index is 1.52. The normalized spacial score (nSPS) is 10.8. The average Bonchev–Trinajstić information content (AvgIpc) is 3.07. The van der Waals surface area contributed by atoms with Crippen LogP contribution in [0.15, 0.2) is 48.8 Å². The van der Waals surface area contributed by atoms with Gasteiger partial charge in [-0.15, -0.1) is 10.2 Å². The van der Waals surface area contributed by atoms with Crippen molar-refractivity contribution in [2.45, 2.75) is 6.92 Å². The molecule has 0 aliphatic rings. The summed E-state index contributed by atoms with van der Waals surface area (Å²) >= 11 is 0. The number of urea groups is 1. The Labute approximate surface area is 158 Å². The summed E-state index contributed by atoms with van der Waals surface area (Å²) in [5.41, 5.74) is 8.52. The molecule has 28 heavy (non-hydrogen) atoms. The third-order valence-electron chi connectivity index (χ3n) is 3.98. The van der Waals surface area contributed by atoms with Crippen LogP contribution in [0.4, 0.5) is 26.6 Å². The number of fused-ring (bicyclic) bond motifs is 1. The monoisotopic (exact) mass is 378 g/mol. The van der Waals surface area contributed by atoms with Crippen LogP contribution in [0.3, 0.4) is 0 Å². The van der Waals surface area contributed by atoms with E-state index in [0.717, 1.165) is 5.56 Å². The molecule has 0 spiro atoms. The Morgan fingerprint density at radius 1 is 1.11 bits per heavy atom. The number of halogens is 1. The third kappa shape index (κ3) is 3.30. The Bertz CT molecular complexity index is 1170. The van der Waals surface area contributed by atoms with Crippen molar-refractivity contribution in [3.63, 3.8) is 0 Å². The van der Waals surface area contributed by atoms with Gasteiger partial charge in [-0.2, -0.15) is 0 Å². The molecule has 0 saturated carbocycles. The quantitative estimate of drug-likeness (QED) is 0.504. The number of aromatic nitrogens is 5. The number of aryl methyl sites for hydroxylation is 1. The van der Waals surface area contributed by atoms with E-state index < -0.39 is 11.8 Å². The van der Waals surface area contributed by atoms with Crippen molar-refractivity contribution in [2.75, 3.05) is 16.4 Å². The molecule has 0 saturated heterocycles. The van der Waals surface area contributed by atoms with Crippen molar-refractivity contribution >= 4 is 29.1 Å². The lowest BCUT2D eigenvalue weighted by Crippen LogP contribution is -2.21. The van der Waals surface area contributed by atoms with E-state index in [0.29, 0.717) is 17.0 Å². The number of hydrogen-bond donors (Lipinski definition) is 3. The zero-order valence-corrected chi connectivity index (χ0v) is 14.7. The lowest BCUT2D eigenvalue weighted by molar-refractivity contribution is 0.262. The number of pyridine rings is 1. The molecular formula is C18H15FN8O. The first-order chi connectivity index (χ1) is 13.5. The molecule has 140 valence electrons. The van der Waals surface area contributed by atoms with E-state index in [1.807, 2.05) is 0 Å². The lowest BCUT2D eigenvalue weighted by atomic mass is 10.2. The number of nitrogens with two attached hydrogens (primary N) is 1.